The van der Waals surface area contributed by atoms with Crippen LogP contribution in [0.4, 0.5) is 8.78 Å². The summed E-state index contributed by atoms with van der Waals surface area (Å²) in [7, 11) is -2.92. The molecule has 17 heavy (non-hydrogen) atoms. The van der Waals surface area contributed by atoms with Crippen molar-refractivity contribution in [2.75, 3.05) is 13.2 Å². The summed E-state index contributed by atoms with van der Waals surface area (Å²) in [5, 5.41) is 0. The first-order chi connectivity index (χ1) is 8.03. The Morgan fingerprint density at radius 3 is 2.65 bits per heavy atom. The number of ether oxygens (including phenoxy) is 1. The van der Waals surface area contributed by atoms with Crippen molar-refractivity contribution in [2.24, 2.45) is 0 Å². The van der Waals surface area contributed by atoms with Crippen molar-refractivity contribution in [1.82, 2.24) is 0 Å². The Morgan fingerprint density at radius 1 is 1.41 bits per heavy atom. The molecule has 0 aromatic heterocycles. The number of benzene rings is 1. The molecule has 0 spiro atoms. The van der Waals surface area contributed by atoms with Crippen molar-refractivity contribution >= 4 is 11.0 Å². The number of hydrogen-bond donors (Lipinski definition) is 1. The lowest BCUT2D eigenvalue weighted by molar-refractivity contribution is 0.232. The van der Waals surface area contributed by atoms with Crippen molar-refractivity contribution in [3.8, 4) is 0 Å². The molecule has 1 aliphatic heterocycles. The Bertz CT molecular complexity index is 489. The van der Waals surface area contributed by atoms with Gasteiger partial charge in [0.25, 0.3) is 11.0 Å². The molecule has 0 N–H and O–H groups in total. The number of thiol groups is 1. The highest BCUT2D eigenvalue weighted by molar-refractivity contribution is 7.67. The van der Waals surface area contributed by atoms with Crippen molar-refractivity contribution in [3.05, 3.63) is 35.4 Å². The minimum Gasteiger partial charge on any atom is -0.364 e. The van der Waals surface area contributed by atoms with Crippen LogP contribution in [-0.4, -0.2) is 21.6 Å². The average molecular weight is 264 g/mol. The first-order valence-corrected chi connectivity index (χ1v) is 6.00. The average Bonchev–Trinajstić information content (AvgIpc) is 2.98. The van der Waals surface area contributed by atoms with Crippen LogP contribution in [0, 0.1) is 11.6 Å². The molecule has 4 nitrogen and oxygen atoms in total. The molecule has 0 radical (unpaired) electrons. The molecule has 1 fully saturated rings. The van der Waals surface area contributed by atoms with Gasteiger partial charge < -0.3 is 4.74 Å². The zero-order chi connectivity index (χ0) is 12.5. The standard InChI is InChI=1S/C10H10F2O4S/c11-7-1-2-8(9(12)5-7)10(6-15-10)3-4-16-17(13)14/h1-2,5,17H,3-4,6H2/t10-/m0/s1. The van der Waals surface area contributed by atoms with Crippen LogP contribution >= 0.6 is 0 Å². The number of rotatable bonds is 5. The van der Waals surface area contributed by atoms with Gasteiger partial charge in [0.05, 0.1) is 13.2 Å². The van der Waals surface area contributed by atoms with E-state index in [1.165, 1.54) is 6.07 Å². The van der Waals surface area contributed by atoms with Crippen LogP contribution in [0.1, 0.15) is 12.0 Å². The second kappa shape index (κ2) is 4.67. The molecule has 7 heteroatoms. The van der Waals surface area contributed by atoms with Crippen LogP contribution in [-0.2, 0) is 25.5 Å². The summed E-state index contributed by atoms with van der Waals surface area (Å²) in [5.41, 5.74) is -0.646. The predicted molar refractivity (Wildman–Crippen MR) is 54.9 cm³/mol. The molecule has 1 aliphatic rings. The molecule has 0 aliphatic carbocycles. The van der Waals surface area contributed by atoms with Crippen LogP contribution in [0.15, 0.2) is 18.2 Å². The van der Waals surface area contributed by atoms with Crippen molar-refractivity contribution in [1.29, 1.82) is 0 Å². The third-order valence-corrected chi connectivity index (χ3v) is 3.01. The summed E-state index contributed by atoms with van der Waals surface area (Å²) in [4.78, 5) is 0. The fraction of sp³-hybridized carbons (Fsp3) is 0.400. The number of halogens is 2. The highest BCUT2D eigenvalue weighted by Gasteiger charge is 2.47. The Hall–Kier alpha value is -1.05. The molecule has 1 heterocycles. The summed E-state index contributed by atoms with van der Waals surface area (Å²) in [6.07, 6.45) is 0.207. The van der Waals surface area contributed by atoms with Gasteiger partial charge in [-0.25, -0.2) is 17.2 Å². The van der Waals surface area contributed by atoms with Crippen LogP contribution in [0.25, 0.3) is 0 Å². The van der Waals surface area contributed by atoms with Gasteiger partial charge in [0.2, 0.25) is 0 Å². The lowest BCUT2D eigenvalue weighted by atomic mass is 9.96. The normalized spacial score (nSPS) is 23.0. The van der Waals surface area contributed by atoms with Gasteiger partial charge in [-0.2, -0.15) is 0 Å². The van der Waals surface area contributed by atoms with Gasteiger partial charge in [0, 0.05) is 18.1 Å². The Morgan fingerprint density at radius 2 is 2.12 bits per heavy atom. The van der Waals surface area contributed by atoms with Gasteiger partial charge in [-0.1, -0.05) is 6.07 Å². The molecular formula is C10H10F2O4S. The van der Waals surface area contributed by atoms with E-state index in [9.17, 15) is 17.2 Å². The number of epoxide rings is 1. The lowest BCUT2D eigenvalue weighted by Gasteiger charge is -2.12. The molecule has 1 aromatic rings. The van der Waals surface area contributed by atoms with E-state index in [1.54, 1.807) is 0 Å². The summed E-state index contributed by atoms with van der Waals surface area (Å²) < 4.78 is 56.2. The first kappa shape index (κ1) is 12.4. The van der Waals surface area contributed by atoms with E-state index >= 15 is 0 Å². The van der Waals surface area contributed by atoms with Crippen LogP contribution in [0.3, 0.4) is 0 Å². The zero-order valence-corrected chi connectivity index (χ0v) is 9.58. The molecule has 1 atom stereocenters. The Kier molecular flexibility index (Phi) is 3.41. The molecule has 0 amide bonds. The monoisotopic (exact) mass is 264 g/mol. The SMILES string of the molecule is O=[SH](=O)OCC[C@@]1(c2ccc(F)cc2F)CO1. The minimum atomic E-state index is -2.92. The highest BCUT2D eigenvalue weighted by Crippen LogP contribution is 2.43. The molecule has 2 rings (SSSR count). The van der Waals surface area contributed by atoms with Crippen LogP contribution < -0.4 is 0 Å². The highest BCUT2D eigenvalue weighted by atomic mass is 32.2. The quantitative estimate of drug-likeness (QED) is 0.639. The maximum Gasteiger partial charge on any atom is 0.257 e. The molecule has 94 valence electrons. The Labute approximate surface area is 98.3 Å². The molecule has 0 bridgehead atoms. The summed E-state index contributed by atoms with van der Waals surface area (Å²) >= 11 is 0. The predicted octanol–water partition coefficient (Wildman–Crippen LogP) is 1.12. The largest absolute Gasteiger partial charge is 0.364 e. The van der Waals surface area contributed by atoms with Crippen LogP contribution in [0.2, 0.25) is 0 Å². The molecule has 1 aromatic carbocycles. The van der Waals surface area contributed by atoms with Crippen molar-refractivity contribution in [2.45, 2.75) is 12.0 Å². The molecule has 0 saturated carbocycles. The van der Waals surface area contributed by atoms with Gasteiger partial charge in [0.1, 0.15) is 17.2 Å². The molecular weight excluding hydrogens is 254 g/mol. The third kappa shape index (κ3) is 2.80. The maximum atomic E-state index is 13.5. The van der Waals surface area contributed by atoms with Gasteiger partial charge in [-0.05, 0) is 6.07 Å². The minimum absolute atomic E-state index is 0.0878. The van der Waals surface area contributed by atoms with E-state index in [2.05, 4.69) is 4.18 Å². The van der Waals surface area contributed by atoms with E-state index in [-0.39, 0.29) is 25.2 Å². The van der Waals surface area contributed by atoms with Gasteiger partial charge >= 0.3 is 0 Å². The fourth-order valence-corrected chi connectivity index (χ4v) is 1.91. The summed E-state index contributed by atoms with van der Waals surface area (Å²) in [5.74, 6) is -1.37. The summed E-state index contributed by atoms with van der Waals surface area (Å²) in [6.45, 7) is 0.185. The van der Waals surface area contributed by atoms with Gasteiger partial charge in [-0.3, -0.25) is 4.18 Å². The molecule has 1 saturated heterocycles. The second-order valence-corrected chi connectivity index (χ2v) is 4.42. The number of hydrogen-bond acceptors (Lipinski definition) is 4. The Balaban J connectivity index is 2.10. The van der Waals surface area contributed by atoms with Gasteiger partial charge in [0.15, 0.2) is 0 Å². The maximum absolute atomic E-state index is 13.5. The lowest BCUT2D eigenvalue weighted by Crippen LogP contribution is -2.14. The van der Waals surface area contributed by atoms with Crippen molar-refractivity contribution in [3.63, 3.8) is 0 Å². The van der Waals surface area contributed by atoms with Gasteiger partial charge in [-0.15, -0.1) is 0 Å². The fourth-order valence-electron chi connectivity index (χ4n) is 1.67. The molecule has 0 unspecified atom stereocenters. The first-order valence-electron chi connectivity index (χ1n) is 4.90. The zero-order valence-electron chi connectivity index (χ0n) is 8.69. The summed E-state index contributed by atoms with van der Waals surface area (Å²) in [6, 6.07) is 3.21. The smallest absolute Gasteiger partial charge is 0.257 e. The van der Waals surface area contributed by atoms with E-state index in [1.807, 2.05) is 0 Å². The third-order valence-electron chi connectivity index (χ3n) is 2.62. The second-order valence-electron chi connectivity index (χ2n) is 3.71. The van der Waals surface area contributed by atoms with Crippen molar-refractivity contribution < 1.29 is 26.1 Å². The van der Waals surface area contributed by atoms with E-state index in [0.29, 0.717) is 0 Å². The van der Waals surface area contributed by atoms with Crippen LogP contribution in [0.5, 0.6) is 0 Å². The van der Waals surface area contributed by atoms with E-state index in [4.69, 9.17) is 4.74 Å². The topological polar surface area (TPSA) is 55.9 Å². The van der Waals surface area contributed by atoms with E-state index in [0.717, 1.165) is 12.1 Å². The van der Waals surface area contributed by atoms with E-state index < -0.39 is 28.2 Å².